The Morgan fingerprint density at radius 1 is 0.611 bits per heavy atom. The van der Waals surface area contributed by atoms with E-state index in [1.165, 1.54) is 0 Å². The maximum atomic E-state index is 9.07. The molecule has 0 aliphatic heterocycles. The van der Waals surface area contributed by atoms with E-state index >= 15 is 0 Å². The first-order chi connectivity index (χ1) is 8.65. The second-order valence-electron chi connectivity index (χ2n) is 5.33. The van der Waals surface area contributed by atoms with E-state index in [0.29, 0.717) is 12.2 Å². The van der Waals surface area contributed by atoms with Gasteiger partial charge in [0.1, 0.15) is 0 Å². The first-order valence-electron chi connectivity index (χ1n) is 7.07. The molecule has 0 amide bonds. The highest BCUT2D eigenvalue weighted by atomic mass is 16.5. The summed E-state index contributed by atoms with van der Waals surface area (Å²) >= 11 is 0. The SMILES string of the molecule is COC1CCC(O)CC1.COC1CCC(O)CC1. The molecule has 4 nitrogen and oxygen atoms in total. The van der Waals surface area contributed by atoms with Gasteiger partial charge in [0, 0.05) is 14.2 Å². The molecule has 2 N–H and O–H groups in total. The molecule has 2 aliphatic rings. The molecule has 0 spiro atoms. The number of ether oxygens (including phenoxy) is 2. The van der Waals surface area contributed by atoms with Gasteiger partial charge in [-0.05, 0) is 51.4 Å². The third kappa shape index (κ3) is 6.14. The minimum atomic E-state index is -0.0589. The molecular formula is C14H28O4. The molecule has 2 fully saturated rings. The van der Waals surface area contributed by atoms with Crippen LogP contribution in [0.1, 0.15) is 51.4 Å². The first-order valence-corrected chi connectivity index (χ1v) is 7.07. The molecule has 0 bridgehead atoms. The Bertz CT molecular complexity index is 172. The number of aliphatic hydroxyl groups excluding tert-OH is 2. The van der Waals surface area contributed by atoms with Crippen LogP contribution < -0.4 is 0 Å². The zero-order valence-electron chi connectivity index (χ0n) is 11.7. The zero-order chi connectivity index (χ0) is 13.4. The van der Waals surface area contributed by atoms with E-state index in [9.17, 15) is 0 Å². The highest BCUT2D eigenvalue weighted by Gasteiger charge is 2.18. The second kappa shape index (κ2) is 8.86. The van der Waals surface area contributed by atoms with E-state index in [0.717, 1.165) is 51.4 Å². The van der Waals surface area contributed by atoms with Gasteiger partial charge in [0.15, 0.2) is 0 Å². The maximum absolute atomic E-state index is 9.07. The molecule has 18 heavy (non-hydrogen) atoms. The lowest BCUT2D eigenvalue weighted by Gasteiger charge is -2.23. The van der Waals surface area contributed by atoms with Crippen molar-refractivity contribution >= 4 is 0 Å². The van der Waals surface area contributed by atoms with E-state index < -0.39 is 0 Å². The van der Waals surface area contributed by atoms with E-state index in [2.05, 4.69) is 0 Å². The second-order valence-corrected chi connectivity index (χ2v) is 5.33. The number of rotatable bonds is 2. The molecule has 0 radical (unpaired) electrons. The summed E-state index contributed by atoms with van der Waals surface area (Å²) in [5.41, 5.74) is 0. The van der Waals surface area contributed by atoms with Crippen LogP contribution in [-0.2, 0) is 9.47 Å². The van der Waals surface area contributed by atoms with Crippen molar-refractivity contribution in [1.82, 2.24) is 0 Å². The summed E-state index contributed by atoms with van der Waals surface area (Å²) in [6.07, 6.45) is 8.47. The van der Waals surface area contributed by atoms with Crippen molar-refractivity contribution < 1.29 is 19.7 Å². The summed E-state index contributed by atoms with van der Waals surface area (Å²) in [7, 11) is 3.48. The van der Waals surface area contributed by atoms with E-state index in [1.807, 2.05) is 0 Å². The molecule has 0 aromatic carbocycles. The van der Waals surface area contributed by atoms with Crippen LogP contribution in [-0.4, -0.2) is 48.8 Å². The monoisotopic (exact) mass is 260 g/mol. The fraction of sp³-hybridized carbons (Fsp3) is 1.00. The molecule has 2 rings (SSSR count). The highest BCUT2D eigenvalue weighted by Crippen LogP contribution is 2.20. The quantitative estimate of drug-likeness (QED) is 0.796. The molecule has 0 unspecified atom stereocenters. The average molecular weight is 260 g/mol. The van der Waals surface area contributed by atoms with Crippen LogP contribution in [0, 0.1) is 0 Å². The van der Waals surface area contributed by atoms with Gasteiger partial charge in [0.25, 0.3) is 0 Å². The molecule has 0 heterocycles. The van der Waals surface area contributed by atoms with Crippen LogP contribution in [0.5, 0.6) is 0 Å². The Morgan fingerprint density at radius 3 is 1.11 bits per heavy atom. The van der Waals surface area contributed by atoms with E-state index in [4.69, 9.17) is 19.7 Å². The van der Waals surface area contributed by atoms with Crippen LogP contribution in [0.4, 0.5) is 0 Å². The summed E-state index contributed by atoms with van der Waals surface area (Å²) < 4.78 is 10.3. The Morgan fingerprint density at radius 2 is 0.889 bits per heavy atom. The lowest BCUT2D eigenvalue weighted by atomic mass is 9.95. The van der Waals surface area contributed by atoms with Crippen LogP contribution >= 0.6 is 0 Å². The Kier molecular flexibility index (Phi) is 7.82. The number of hydrogen-bond acceptors (Lipinski definition) is 4. The van der Waals surface area contributed by atoms with E-state index in [1.54, 1.807) is 14.2 Å². The normalized spacial score (nSPS) is 36.7. The number of hydrogen-bond donors (Lipinski definition) is 2. The summed E-state index contributed by atoms with van der Waals surface area (Å²) in [6.45, 7) is 0. The van der Waals surface area contributed by atoms with Gasteiger partial charge < -0.3 is 19.7 Å². The molecule has 0 atom stereocenters. The summed E-state index contributed by atoms with van der Waals surface area (Å²) in [4.78, 5) is 0. The molecule has 0 saturated heterocycles. The molecule has 2 saturated carbocycles. The molecule has 0 aromatic rings. The number of methoxy groups -OCH3 is 2. The Balaban J connectivity index is 0.000000180. The summed E-state index contributed by atoms with van der Waals surface area (Å²) in [5, 5.41) is 18.1. The van der Waals surface area contributed by atoms with Gasteiger partial charge in [-0.15, -0.1) is 0 Å². The van der Waals surface area contributed by atoms with Gasteiger partial charge in [0.05, 0.1) is 24.4 Å². The zero-order valence-corrected chi connectivity index (χ0v) is 11.7. The fourth-order valence-corrected chi connectivity index (χ4v) is 2.56. The predicted molar refractivity (Wildman–Crippen MR) is 70.5 cm³/mol. The Hall–Kier alpha value is -0.160. The lowest BCUT2D eigenvalue weighted by Crippen LogP contribution is -2.22. The van der Waals surface area contributed by atoms with Crippen LogP contribution in [0.3, 0.4) is 0 Å². The van der Waals surface area contributed by atoms with Crippen LogP contribution in [0.2, 0.25) is 0 Å². The minimum Gasteiger partial charge on any atom is -0.393 e. The van der Waals surface area contributed by atoms with Crippen molar-refractivity contribution in [3.63, 3.8) is 0 Å². The number of aliphatic hydroxyl groups is 2. The minimum absolute atomic E-state index is 0.0589. The van der Waals surface area contributed by atoms with Crippen molar-refractivity contribution in [3.8, 4) is 0 Å². The van der Waals surface area contributed by atoms with Crippen LogP contribution in [0.25, 0.3) is 0 Å². The van der Waals surface area contributed by atoms with Gasteiger partial charge in [-0.25, -0.2) is 0 Å². The summed E-state index contributed by atoms with van der Waals surface area (Å²) in [6, 6.07) is 0. The highest BCUT2D eigenvalue weighted by molar-refractivity contribution is 4.71. The average Bonchev–Trinajstić information content (AvgIpc) is 2.41. The smallest absolute Gasteiger partial charge is 0.0573 e. The lowest BCUT2D eigenvalue weighted by molar-refractivity contribution is 0.0244. The molecular weight excluding hydrogens is 232 g/mol. The first kappa shape index (κ1) is 15.9. The van der Waals surface area contributed by atoms with Gasteiger partial charge in [0.2, 0.25) is 0 Å². The Labute approximate surface area is 110 Å². The standard InChI is InChI=1S/2C7H14O2/c2*1-9-7-4-2-6(8)3-5-7/h2*6-8H,2-5H2,1H3. The van der Waals surface area contributed by atoms with Crippen molar-refractivity contribution in [2.45, 2.75) is 75.8 Å². The molecule has 4 heteroatoms. The van der Waals surface area contributed by atoms with E-state index in [-0.39, 0.29) is 12.2 Å². The molecule has 108 valence electrons. The van der Waals surface area contributed by atoms with Crippen molar-refractivity contribution in [2.75, 3.05) is 14.2 Å². The van der Waals surface area contributed by atoms with Crippen molar-refractivity contribution in [1.29, 1.82) is 0 Å². The van der Waals surface area contributed by atoms with Crippen molar-refractivity contribution in [3.05, 3.63) is 0 Å². The predicted octanol–water partition coefficient (Wildman–Crippen LogP) is 1.87. The molecule has 0 aromatic heterocycles. The van der Waals surface area contributed by atoms with Gasteiger partial charge in [-0.1, -0.05) is 0 Å². The van der Waals surface area contributed by atoms with Gasteiger partial charge >= 0.3 is 0 Å². The van der Waals surface area contributed by atoms with Gasteiger partial charge in [-0.3, -0.25) is 0 Å². The van der Waals surface area contributed by atoms with Gasteiger partial charge in [-0.2, -0.15) is 0 Å². The molecule has 2 aliphatic carbocycles. The third-order valence-electron chi connectivity index (χ3n) is 3.95. The van der Waals surface area contributed by atoms with Crippen molar-refractivity contribution in [2.24, 2.45) is 0 Å². The largest absolute Gasteiger partial charge is 0.393 e. The summed E-state index contributed by atoms with van der Waals surface area (Å²) in [5.74, 6) is 0. The fourth-order valence-electron chi connectivity index (χ4n) is 2.56. The topological polar surface area (TPSA) is 58.9 Å². The third-order valence-corrected chi connectivity index (χ3v) is 3.95. The maximum Gasteiger partial charge on any atom is 0.0573 e. The van der Waals surface area contributed by atoms with Crippen LogP contribution in [0.15, 0.2) is 0 Å².